The van der Waals surface area contributed by atoms with E-state index < -0.39 is 28.4 Å². The molecule has 0 aromatic heterocycles. The molecule has 3 spiro atoms. The van der Waals surface area contributed by atoms with Crippen molar-refractivity contribution in [2.24, 2.45) is 10.6 Å². The molecule has 0 bridgehead atoms. The Kier molecular flexibility index (Phi) is 7.42. The average Bonchev–Trinajstić information content (AvgIpc) is 3.75. The van der Waals surface area contributed by atoms with Gasteiger partial charge in [0.2, 0.25) is 5.60 Å². The van der Waals surface area contributed by atoms with E-state index >= 15 is 9.59 Å². The number of oxime groups is 1. The van der Waals surface area contributed by atoms with Gasteiger partial charge in [-0.15, -0.1) is 0 Å². The van der Waals surface area contributed by atoms with Crippen LogP contribution in [0.4, 0.5) is 0 Å². The average molecular weight is 712 g/mol. The number of methoxy groups -OCH3 is 2. The minimum Gasteiger partial charge on any atom is -0.496 e. The number of halogens is 1. The number of benzene rings is 5. The lowest BCUT2D eigenvalue weighted by atomic mass is 9.52. The summed E-state index contributed by atoms with van der Waals surface area (Å²) in [5.41, 5.74) is 0.214. The van der Waals surface area contributed by atoms with Crippen LogP contribution in [-0.4, -0.2) is 80.6 Å². The van der Waals surface area contributed by atoms with E-state index in [1.807, 2.05) is 123 Å². The molecule has 0 amide bonds. The molecule has 5 aromatic rings. The van der Waals surface area contributed by atoms with Gasteiger partial charge in [0.05, 0.1) is 31.3 Å². The Morgan fingerprint density at radius 1 is 0.788 bits per heavy atom. The fourth-order valence-corrected chi connectivity index (χ4v) is 10.4. The molecular weight excluding hydrogens is 674 g/mol. The van der Waals surface area contributed by atoms with Gasteiger partial charge in [-0.2, -0.15) is 0 Å². The molecule has 2 fully saturated rings. The smallest absolute Gasteiger partial charge is 0.220 e. The number of ether oxygens (including phenoxy) is 2. The number of ketones is 2. The molecule has 0 radical (unpaired) electrons. The van der Waals surface area contributed by atoms with Crippen LogP contribution in [0.25, 0.3) is 10.8 Å². The number of fused-ring (bicyclic) bond motifs is 2. The van der Waals surface area contributed by atoms with E-state index in [1.54, 1.807) is 14.2 Å². The fourth-order valence-electron chi connectivity index (χ4n) is 10.3. The first kappa shape index (κ1) is 32.9. The number of rotatable bonds is 5. The van der Waals surface area contributed by atoms with Gasteiger partial charge in [-0.3, -0.25) is 14.5 Å². The fraction of sp³-hybridized carbons (Fsp3) is 0.279. The Balaban J connectivity index is 1.36. The molecule has 5 aromatic carbocycles. The van der Waals surface area contributed by atoms with Crippen LogP contribution in [0, 0.1) is 5.41 Å². The van der Waals surface area contributed by atoms with E-state index in [4.69, 9.17) is 31.1 Å². The molecule has 0 N–H and O–H groups in total. The van der Waals surface area contributed by atoms with Crippen molar-refractivity contribution in [3.63, 3.8) is 0 Å². The minimum absolute atomic E-state index is 0.0799. The lowest BCUT2D eigenvalue weighted by Crippen LogP contribution is -2.72. The highest BCUT2D eigenvalue weighted by Crippen LogP contribution is 2.68. The Hall–Kier alpha value is -5.02. The number of carbonyl (C=O) groups excluding carboxylic acids is 2. The van der Waals surface area contributed by atoms with Crippen molar-refractivity contribution in [3.05, 3.63) is 142 Å². The maximum absolute atomic E-state index is 16.7. The summed E-state index contributed by atoms with van der Waals surface area (Å²) >= 11 is 6.35. The lowest BCUT2D eigenvalue weighted by molar-refractivity contribution is -0.173. The summed E-state index contributed by atoms with van der Waals surface area (Å²) in [5, 5.41) is 7.24. The first-order valence-corrected chi connectivity index (χ1v) is 17.9. The van der Waals surface area contributed by atoms with Gasteiger partial charge in [-0.05, 0) is 60.3 Å². The molecule has 1 aliphatic carbocycles. The SMILES string of the molecule is COc1ccccc1[C@H]1C(c2ccc(Cl)cc2)=NOC12CN(C)C[C@@]1(C2=O)[C@@H](c2ccccc2OC)CN(C)[C@@]12C(=O)c1cccc3cccc2c13. The van der Waals surface area contributed by atoms with E-state index in [-0.39, 0.29) is 18.1 Å². The molecule has 5 atom stereocenters. The first-order valence-electron chi connectivity index (χ1n) is 17.5. The topological polar surface area (TPSA) is 80.7 Å². The van der Waals surface area contributed by atoms with Crippen LogP contribution < -0.4 is 9.47 Å². The number of likely N-dealkylation sites (N-methyl/N-ethyl adjacent to an activating group) is 2. The normalized spacial score (nSPS) is 28.3. The summed E-state index contributed by atoms with van der Waals surface area (Å²) in [6, 6.07) is 35.0. The molecule has 3 heterocycles. The Morgan fingerprint density at radius 3 is 2.15 bits per heavy atom. The summed E-state index contributed by atoms with van der Waals surface area (Å²) in [5.74, 6) is -0.115. The van der Waals surface area contributed by atoms with Crippen LogP contribution in [0.1, 0.15) is 44.4 Å². The van der Waals surface area contributed by atoms with Crippen LogP contribution in [0.2, 0.25) is 5.02 Å². The molecular formula is C43H38ClN3O5. The van der Waals surface area contributed by atoms with E-state index in [0.29, 0.717) is 40.9 Å². The van der Waals surface area contributed by atoms with Gasteiger partial charge in [0.25, 0.3) is 0 Å². The molecule has 0 saturated carbocycles. The summed E-state index contributed by atoms with van der Waals surface area (Å²) in [7, 11) is 7.27. The van der Waals surface area contributed by atoms with Crippen LogP contribution >= 0.6 is 11.6 Å². The molecule has 4 aliphatic rings. The van der Waals surface area contributed by atoms with Crippen molar-refractivity contribution in [2.75, 3.05) is 47.9 Å². The molecule has 1 unspecified atom stereocenters. The van der Waals surface area contributed by atoms with Crippen LogP contribution in [0.3, 0.4) is 0 Å². The van der Waals surface area contributed by atoms with Gasteiger partial charge < -0.3 is 19.2 Å². The zero-order valence-electron chi connectivity index (χ0n) is 29.4. The van der Waals surface area contributed by atoms with E-state index in [0.717, 1.165) is 33.0 Å². The predicted octanol–water partition coefficient (Wildman–Crippen LogP) is 7.09. The lowest BCUT2D eigenvalue weighted by Gasteiger charge is -2.55. The number of hydrogen-bond donors (Lipinski definition) is 0. The molecule has 9 heteroatoms. The van der Waals surface area contributed by atoms with Gasteiger partial charge in [-0.25, -0.2) is 0 Å². The molecule has 2 saturated heterocycles. The summed E-state index contributed by atoms with van der Waals surface area (Å²) < 4.78 is 12.0. The third-order valence-electron chi connectivity index (χ3n) is 12.1. The number of carbonyl (C=O) groups is 2. The van der Waals surface area contributed by atoms with E-state index in [2.05, 4.69) is 9.80 Å². The van der Waals surface area contributed by atoms with Crippen LogP contribution in [0.15, 0.2) is 114 Å². The standard InChI is InChI=1S/C43H38ClN3O5/c1-46-24-41(40(49)42(25-46)37(30-14-6-8-18-35(30)51-4)38(45-52-42)27-19-21-28(44)22-20-27)33(29-13-5-7-17-34(29)50-3)23-47(2)43(41)32-16-10-12-26-11-9-15-31(36(26)32)39(43)48/h5-22,33,37H,23-25H2,1-4H3/t33-,37+,41+,42?,43+/m1/s1. The number of hydrogen-bond acceptors (Lipinski definition) is 8. The monoisotopic (exact) mass is 711 g/mol. The van der Waals surface area contributed by atoms with Crippen molar-refractivity contribution in [1.82, 2.24) is 9.80 Å². The van der Waals surface area contributed by atoms with Crippen LogP contribution in [0.5, 0.6) is 11.5 Å². The maximum atomic E-state index is 16.7. The molecule has 52 heavy (non-hydrogen) atoms. The Morgan fingerprint density at radius 2 is 1.44 bits per heavy atom. The number of Topliss-reactive ketones (excluding diaryl/α,β-unsaturated/α-hetero) is 2. The summed E-state index contributed by atoms with van der Waals surface area (Å²) in [4.78, 5) is 43.3. The minimum atomic E-state index is -1.54. The Bertz CT molecular complexity index is 2320. The maximum Gasteiger partial charge on any atom is 0.220 e. The number of piperidine rings is 1. The zero-order chi connectivity index (χ0) is 36.0. The number of nitrogens with zero attached hydrogens (tertiary/aromatic N) is 3. The third-order valence-corrected chi connectivity index (χ3v) is 12.4. The predicted molar refractivity (Wildman–Crippen MR) is 201 cm³/mol. The second-order valence-corrected chi connectivity index (χ2v) is 15.0. The highest BCUT2D eigenvalue weighted by molar-refractivity contribution is 6.30. The van der Waals surface area contributed by atoms with Crippen molar-refractivity contribution >= 4 is 39.7 Å². The van der Waals surface area contributed by atoms with Crippen LogP contribution in [-0.2, 0) is 15.2 Å². The first-order chi connectivity index (χ1) is 25.2. The van der Waals surface area contributed by atoms with Gasteiger partial charge in [-0.1, -0.05) is 102 Å². The van der Waals surface area contributed by atoms with Crippen molar-refractivity contribution in [2.45, 2.75) is 23.0 Å². The number of likely N-dealkylation sites (tertiary alicyclic amines) is 2. The van der Waals surface area contributed by atoms with Crippen molar-refractivity contribution < 1.29 is 23.9 Å². The Labute approximate surface area is 307 Å². The van der Waals surface area contributed by atoms with Crippen molar-refractivity contribution in [1.29, 1.82) is 0 Å². The molecule has 9 rings (SSSR count). The highest BCUT2D eigenvalue weighted by Gasteiger charge is 2.79. The third kappa shape index (κ3) is 4.08. The second kappa shape index (κ2) is 11.7. The highest BCUT2D eigenvalue weighted by atomic mass is 35.5. The van der Waals surface area contributed by atoms with Gasteiger partial charge >= 0.3 is 0 Å². The zero-order valence-corrected chi connectivity index (χ0v) is 30.2. The van der Waals surface area contributed by atoms with Gasteiger partial charge in [0.1, 0.15) is 17.0 Å². The summed E-state index contributed by atoms with van der Waals surface area (Å²) in [6.45, 7) is 0.964. The van der Waals surface area contributed by atoms with Gasteiger partial charge in [0, 0.05) is 47.3 Å². The van der Waals surface area contributed by atoms with Gasteiger partial charge in [0.15, 0.2) is 11.6 Å². The van der Waals surface area contributed by atoms with E-state index in [9.17, 15) is 0 Å². The molecule has 3 aliphatic heterocycles. The largest absolute Gasteiger partial charge is 0.496 e. The number of para-hydroxylation sites is 2. The quantitative estimate of drug-likeness (QED) is 0.193. The summed E-state index contributed by atoms with van der Waals surface area (Å²) in [6.07, 6.45) is 0. The van der Waals surface area contributed by atoms with Crippen molar-refractivity contribution in [3.8, 4) is 11.5 Å². The van der Waals surface area contributed by atoms with E-state index in [1.165, 1.54) is 0 Å². The molecule has 262 valence electrons. The molecule has 8 nitrogen and oxygen atoms in total. The second-order valence-electron chi connectivity index (χ2n) is 14.5.